The smallest absolute Gasteiger partial charge is 0.261 e. The van der Waals surface area contributed by atoms with Crippen LogP contribution in [0.4, 0.5) is 0 Å². The summed E-state index contributed by atoms with van der Waals surface area (Å²) in [7, 11) is 2.20. The fourth-order valence-electron chi connectivity index (χ4n) is 4.27. The average molecular weight is 385 g/mol. The third kappa shape index (κ3) is 4.64. The Bertz CT molecular complexity index is 858. The molecule has 0 bridgehead atoms. The lowest BCUT2D eigenvalue weighted by Gasteiger charge is -2.32. The second kappa shape index (κ2) is 9.19. The van der Waals surface area contributed by atoms with E-state index in [0.29, 0.717) is 5.92 Å². The summed E-state index contributed by atoms with van der Waals surface area (Å²) >= 11 is 0. The molecule has 0 saturated carbocycles. The summed E-state index contributed by atoms with van der Waals surface area (Å²) in [4.78, 5) is 23.5. The van der Waals surface area contributed by atoms with Gasteiger partial charge in [-0.05, 0) is 51.4 Å². The van der Waals surface area contributed by atoms with Gasteiger partial charge in [0.25, 0.3) is 5.56 Å². The number of benzene rings is 1. The minimum atomic E-state index is 0.116. The molecule has 154 valence electrons. The summed E-state index contributed by atoms with van der Waals surface area (Å²) in [6.45, 7) is 13.6. The van der Waals surface area contributed by atoms with E-state index in [-0.39, 0.29) is 11.6 Å². The fourth-order valence-corrected chi connectivity index (χ4v) is 4.27. The largest absolute Gasteiger partial charge is 0.305 e. The van der Waals surface area contributed by atoms with Gasteiger partial charge in [0.1, 0.15) is 5.82 Å². The van der Waals surface area contributed by atoms with Gasteiger partial charge in [-0.25, -0.2) is 4.98 Å². The van der Waals surface area contributed by atoms with Crippen molar-refractivity contribution in [3.63, 3.8) is 0 Å². The molecular weight excluding hydrogens is 348 g/mol. The van der Waals surface area contributed by atoms with E-state index in [0.717, 1.165) is 74.3 Å². The molecule has 2 aromatic rings. The molecule has 5 nitrogen and oxygen atoms in total. The Morgan fingerprint density at radius 1 is 1.14 bits per heavy atom. The minimum absolute atomic E-state index is 0.116. The summed E-state index contributed by atoms with van der Waals surface area (Å²) in [6, 6.07) is 6.25. The number of aromatic nitrogens is 2. The number of likely N-dealkylation sites (N-methyl/N-ethyl adjacent to an activating group) is 1. The van der Waals surface area contributed by atoms with Crippen molar-refractivity contribution >= 4 is 10.9 Å². The summed E-state index contributed by atoms with van der Waals surface area (Å²) in [5.41, 5.74) is 2.06. The van der Waals surface area contributed by atoms with Crippen LogP contribution in [0.25, 0.3) is 10.9 Å². The summed E-state index contributed by atoms with van der Waals surface area (Å²) in [6.07, 6.45) is 3.28. The molecule has 28 heavy (non-hydrogen) atoms. The summed E-state index contributed by atoms with van der Waals surface area (Å²) in [5, 5.41) is 0.746. The Hall–Kier alpha value is -1.72. The maximum Gasteiger partial charge on any atom is 0.261 e. The number of hydrogen-bond acceptors (Lipinski definition) is 4. The van der Waals surface area contributed by atoms with E-state index in [1.165, 1.54) is 0 Å². The summed E-state index contributed by atoms with van der Waals surface area (Å²) in [5.74, 6) is 1.36. The van der Waals surface area contributed by atoms with Crippen LogP contribution in [0.1, 0.15) is 57.5 Å². The van der Waals surface area contributed by atoms with Crippen molar-refractivity contribution in [1.29, 1.82) is 0 Å². The van der Waals surface area contributed by atoms with Crippen LogP contribution in [0, 0.1) is 12.8 Å². The zero-order chi connectivity index (χ0) is 20.3. The molecule has 1 aromatic carbocycles. The van der Waals surface area contributed by atoms with Gasteiger partial charge in [0.05, 0.1) is 16.9 Å². The van der Waals surface area contributed by atoms with Crippen molar-refractivity contribution in [1.82, 2.24) is 19.4 Å². The van der Waals surface area contributed by atoms with Crippen LogP contribution in [0.2, 0.25) is 0 Å². The van der Waals surface area contributed by atoms with Crippen LogP contribution in [-0.4, -0.2) is 52.6 Å². The molecule has 0 radical (unpaired) electrons. The molecule has 0 N–H and O–H groups in total. The van der Waals surface area contributed by atoms with Gasteiger partial charge in [-0.3, -0.25) is 14.3 Å². The molecule has 2 heterocycles. The predicted molar refractivity (Wildman–Crippen MR) is 117 cm³/mol. The van der Waals surface area contributed by atoms with Crippen molar-refractivity contribution in [3.05, 3.63) is 39.9 Å². The second-order valence-corrected chi connectivity index (χ2v) is 8.80. The van der Waals surface area contributed by atoms with E-state index >= 15 is 0 Å². The van der Waals surface area contributed by atoms with Crippen molar-refractivity contribution in [3.8, 4) is 0 Å². The van der Waals surface area contributed by atoms with E-state index in [1.54, 1.807) is 0 Å². The number of aryl methyl sites for hydroxylation is 1. The van der Waals surface area contributed by atoms with Crippen LogP contribution >= 0.6 is 0 Å². The topological polar surface area (TPSA) is 41.4 Å². The lowest BCUT2D eigenvalue weighted by molar-refractivity contribution is 0.178. The Balaban J connectivity index is 2.13. The maximum absolute atomic E-state index is 13.4. The van der Waals surface area contributed by atoms with E-state index in [1.807, 2.05) is 23.6 Å². The van der Waals surface area contributed by atoms with E-state index < -0.39 is 0 Å². The van der Waals surface area contributed by atoms with Gasteiger partial charge in [0, 0.05) is 26.2 Å². The highest BCUT2D eigenvalue weighted by Crippen LogP contribution is 2.27. The SMILES string of the molecule is CCCC(c1nc2ccc(C)cc2c(=O)n1CC(C)C)N1CCCN(C)CC1. The second-order valence-electron chi connectivity index (χ2n) is 8.80. The quantitative estimate of drug-likeness (QED) is 0.759. The van der Waals surface area contributed by atoms with E-state index in [4.69, 9.17) is 4.98 Å². The number of nitrogens with zero attached hydrogens (tertiary/aromatic N) is 4. The first-order valence-electron chi connectivity index (χ1n) is 10.8. The molecule has 1 aliphatic heterocycles. The van der Waals surface area contributed by atoms with Crippen LogP contribution in [-0.2, 0) is 6.54 Å². The molecule has 1 atom stereocenters. The lowest BCUT2D eigenvalue weighted by Crippen LogP contribution is -2.38. The molecule has 0 spiro atoms. The molecular formula is C23H36N4O. The van der Waals surface area contributed by atoms with Gasteiger partial charge < -0.3 is 4.90 Å². The molecule has 5 heteroatoms. The van der Waals surface area contributed by atoms with Gasteiger partial charge in [0.15, 0.2) is 0 Å². The predicted octanol–water partition coefficient (Wildman–Crippen LogP) is 3.84. The first kappa shape index (κ1) is 21.0. The highest BCUT2D eigenvalue weighted by Gasteiger charge is 2.27. The molecule has 1 aromatic heterocycles. The molecule has 1 fully saturated rings. The van der Waals surface area contributed by atoms with Crippen LogP contribution in [0.5, 0.6) is 0 Å². The third-order valence-electron chi connectivity index (χ3n) is 5.74. The Morgan fingerprint density at radius 2 is 1.93 bits per heavy atom. The third-order valence-corrected chi connectivity index (χ3v) is 5.74. The van der Waals surface area contributed by atoms with Gasteiger partial charge in [-0.15, -0.1) is 0 Å². The number of rotatable bonds is 6. The van der Waals surface area contributed by atoms with Gasteiger partial charge in [-0.1, -0.05) is 38.8 Å². The van der Waals surface area contributed by atoms with Gasteiger partial charge in [-0.2, -0.15) is 0 Å². The molecule has 0 aliphatic carbocycles. The summed E-state index contributed by atoms with van der Waals surface area (Å²) < 4.78 is 1.97. The fraction of sp³-hybridized carbons (Fsp3) is 0.652. The zero-order valence-electron chi connectivity index (χ0n) is 18.2. The Labute approximate surface area is 169 Å². The molecule has 1 aliphatic rings. The Morgan fingerprint density at radius 3 is 2.64 bits per heavy atom. The van der Waals surface area contributed by atoms with Gasteiger partial charge in [0.2, 0.25) is 0 Å². The standard InChI is InChI=1S/C23H36N4O/c1-6-8-21(26-12-7-11-25(5)13-14-26)22-24-20-10-9-18(4)15-19(20)23(28)27(22)16-17(2)3/h9-10,15,17,21H,6-8,11-14,16H2,1-5H3. The highest BCUT2D eigenvalue weighted by molar-refractivity contribution is 5.78. The van der Waals surface area contributed by atoms with Crippen LogP contribution in [0.15, 0.2) is 23.0 Å². The van der Waals surface area contributed by atoms with Crippen molar-refractivity contribution in [2.45, 2.75) is 59.5 Å². The minimum Gasteiger partial charge on any atom is -0.305 e. The van der Waals surface area contributed by atoms with Crippen LogP contribution in [0.3, 0.4) is 0 Å². The van der Waals surface area contributed by atoms with Crippen LogP contribution < -0.4 is 5.56 Å². The molecule has 1 saturated heterocycles. The van der Waals surface area contributed by atoms with E-state index in [9.17, 15) is 4.79 Å². The first-order chi connectivity index (χ1) is 13.4. The maximum atomic E-state index is 13.4. The normalized spacial score (nSPS) is 17.9. The highest BCUT2D eigenvalue weighted by atomic mass is 16.1. The number of fused-ring (bicyclic) bond motifs is 1. The first-order valence-corrected chi connectivity index (χ1v) is 10.8. The molecule has 3 rings (SSSR count). The Kier molecular flexibility index (Phi) is 6.89. The van der Waals surface area contributed by atoms with Crippen molar-refractivity contribution in [2.24, 2.45) is 5.92 Å². The number of hydrogen-bond donors (Lipinski definition) is 0. The van der Waals surface area contributed by atoms with Gasteiger partial charge >= 0.3 is 0 Å². The van der Waals surface area contributed by atoms with Crippen molar-refractivity contribution < 1.29 is 0 Å². The monoisotopic (exact) mass is 384 g/mol. The van der Waals surface area contributed by atoms with E-state index in [2.05, 4.69) is 43.7 Å². The lowest BCUT2D eigenvalue weighted by atomic mass is 10.1. The molecule has 1 unspecified atom stereocenters. The zero-order valence-corrected chi connectivity index (χ0v) is 18.2. The average Bonchev–Trinajstić information content (AvgIpc) is 2.87. The molecule has 0 amide bonds. The van der Waals surface area contributed by atoms with Crippen molar-refractivity contribution in [2.75, 3.05) is 33.2 Å².